The van der Waals surface area contributed by atoms with Gasteiger partial charge in [-0.3, -0.25) is 14.6 Å². The van der Waals surface area contributed by atoms with Crippen molar-refractivity contribution in [2.75, 3.05) is 25.0 Å². The highest BCUT2D eigenvalue weighted by molar-refractivity contribution is 6.01. The molecule has 1 unspecified atom stereocenters. The van der Waals surface area contributed by atoms with Crippen LogP contribution in [0, 0.1) is 12.8 Å². The number of aryl methyl sites for hydroxylation is 2. The van der Waals surface area contributed by atoms with Crippen LogP contribution in [0.25, 0.3) is 0 Å². The lowest BCUT2D eigenvalue weighted by atomic mass is 10.0. The molecule has 5 heteroatoms. The van der Waals surface area contributed by atoms with Crippen molar-refractivity contribution in [3.05, 3.63) is 59.4 Å². The Balaban J connectivity index is 1.67. The van der Waals surface area contributed by atoms with Gasteiger partial charge in [-0.2, -0.15) is 0 Å². The van der Waals surface area contributed by atoms with E-state index in [1.54, 1.807) is 17.3 Å². The standard InChI is InChI=1S/C22H27N3O2/c1-4-18-7-5-6-16(2)21(18)25-15-19(14-20(25)26)22(27)24(3)13-10-17-8-11-23-12-9-17/h5-9,11-12,19H,4,10,13-15H2,1-3H3. The van der Waals surface area contributed by atoms with Gasteiger partial charge in [0.2, 0.25) is 11.8 Å². The molecule has 1 saturated heterocycles. The average molecular weight is 365 g/mol. The summed E-state index contributed by atoms with van der Waals surface area (Å²) in [6, 6.07) is 10.0. The minimum absolute atomic E-state index is 0.0416. The van der Waals surface area contributed by atoms with Gasteiger partial charge in [0.15, 0.2) is 0 Å². The molecule has 5 nitrogen and oxygen atoms in total. The number of nitrogens with zero attached hydrogens (tertiary/aromatic N) is 3. The molecule has 1 aromatic carbocycles. The number of carbonyl (C=O) groups excluding carboxylic acids is 2. The molecule has 1 atom stereocenters. The summed E-state index contributed by atoms with van der Waals surface area (Å²) in [6.07, 6.45) is 5.46. The van der Waals surface area contributed by atoms with Crippen LogP contribution in [0.1, 0.15) is 30.0 Å². The van der Waals surface area contributed by atoms with Crippen molar-refractivity contribution < 1.29 is 9.59 Å². The number of benzene rings is 1. The Morgan fingerprint density at radius 2 is 2.00 bits per heavy atom. The van der Waals surface area contributed by atoms with Crippen molar-refractivity contribution in [3.8, 4) is 0 Å². The molecule has 0 aliphatic carbocycles. The fraction of sp³-hybridized carbons (Fsp3) is 0.409. The molecule has 27 heavy (non-hydrogen) atoms. The molecule has 0 radical (unpaired) electrons. The van der Waals surface area contributed by atoms with Crippen LogP contribution in [0.5, 0.6) is 0 Å². The first-order valence-corrected chi connectivity index (χ1v) is 9.54. The maximum absolute atomic E-state index is 12.9. The molecule has 1 aromatic heterocycles. The van der Waals surface area contributed by atoms with Gasteiger partial charge >= 0.3 is 0 Å². The molecule has 1 aliphatic rings. The van der Waals surface area contributed by atoms with Gasteiger partial charge in [-0.1, -0.05) is 25.1 Å². The predicted molar refractivity (Wildman–Crippen MR) is 107 cm³/mol. The van der Waals surface area contributed by atoms with Crippen LogP contribution in [0.15, 0.2) is 42.7 Å². The minimum atomic E-state index is -0.274. The maximum atomic E-state index is 12.9. The molecule has 0 saturated carbocycles. The number of amides is 2. The van der Waals surface area contributed by atoms with E-state index < -0.39 is 0 Å². The largest absolute Gasteiger partial charge is 0.345 e. The lowest BCUT2D eigenvalue weighted by molar-refractivity contribution is -0.134. The molecule has 3 rings (SSSR count). The number of rotatable bonds is 6. The molecule has 1 fully saturated rings. The van der Waals surface area contributed by atoms with E-state index >= 15 is 0 Å². The van der Waals surface area contributed by atoms with Gasteiger partial charge in [-0.15, -0.1) is 0 Å². The molecule has 0 bridgehead atoms. The zero-order valence-corrected chi connectivity index (χ0v) is 16.3. The molecule has 1 aliphatic heterocycles. The molecule has 0 N–H and O–H groups in total. The van der Waals surface area contributed by atoms with Crippen LogP contribution in [-0.2, 0) is 22.4 Å². The summed E-state index contributed by atoms with van der Waals surface area (Å²) in [5.41, 5.74) is 4.38. The number of anilines is 1. The number of para-hydroxylation sites is 1. The van der Waals surface area contributed by atoms with Gasteiger partial charge in [-0.05, 0) is 48.6 Å². The van der Waals surface area contributed by atoms with Crippen LogP contribution in [0.4, 0.5) is 5.69 Å². The first-order chi connectivity index (χ1) is 13.0. The number of carbonyl (C=O) groups is 2. The third-order valence-corrected chi connectivity index (χ3v) is 5.31. The van der Waals surface area contributed by atoms with Crippen molar-refractivity contribution in [1.29, 1.82) is 0 Å². The molecule has 0 spiro atoms. The zero-order chi connectivity index (χ0) is 19.4. The maximum Gasteiger partial charge on any atom is 0.227 e. The van der Waals surface area contributed by atoms with Gasteiger partial charge in [0.25, 0.3) is 0 Å². The Bertz CT molecular complexity index is 820. The summed E-state index contributed by atoms with van der Waals surface area (Å²) < 4.78 is 0. The van der Waals surface area contributed by atoms with E-state index in [1.807, 2.05) is 43.1 Å². The second-order valence-corrected chi connectivity index (χ2v) is 7.21. The van der Waals surface area contributed by atoms with E-state index in [2.05, 4.69) is 18.0 Å². The first kappa shape index (κ1) is 19.1. The van der Waals surface area contributed by atoms with Gasteiger partial charge < -0.3 is 9.80 Å². The number of hydrogen-bond donors (Lipinski definition) is 0. The third kappa shape index (κ3) is 4.18. The van der Waals surface area contributed by atoms with E-state index in [1.165, 1.54) is 0 Å². The van der Waals surface area contributed by atoms with Crippen LogP contribution < -0.4 is 4.90 Å². The monoisotopic (exact) mass is 365 g/mol. The number of pyridine rings is 1. The molecular weight excluding hydrogens is 338 g/mol. The predicted octanol–water partition coefficient (Wildman–Crippen LogP) is 3.01. The van der Waals surface area contributed by atoms with Gasteiger partial charge in [0.1, 0.15) is 0 Å². The molecule has 142 valence electrons. The Hall–Kier alpha value is -2.69. The highest BCUT2D eigenvalue weighted by atomic mass is 16.2. The smallest absolute Gasteiger partial charge is 0.227 e. The Morgan fingerprint density at radius 3 is 2.70 bits per heavy atom. The molecule has 2 aromatic rings. The molecule has 2 heterocycles. The van der Waals surface area contributed by atoms with Gasteiger partial charge in [0.05, 0.1) is 5.92 Å². The quantitative estimate of drug-likeness (QED) is 0.791. The SMILES string of the molecule is CCc1cccc(C)c1N1CC(C(=O)N(C)CCc2ccncc2)CC1=O. The zero-order valence-electron chi connectivity index (χ0n) is 16.3. The summed E-state index contributed by atoms with van der Waals surface area (Å²) >= 11 is 0. The first-order valence-electron chi connectivity index (χ1n) is 9.54. The second-order valence-electron chi connectivity index (χ2n) is 7.21. The van der Waals surface area contributed by atoms with Crippen LogP contribution in [0.3, 0.4) is 0 Å². The lowest BCUT2D eigenvalue weighted by Crippen LogP contribution is -2.36. The van der Waals surface area contributed by atoms with Gasteiger partial charge in [0, 0.05) is 44.6 Å². The summed E-state index contributed by atoms with van der Waals surface area (Å²) in [7, 11) is 1.82. The van der Waals surface area contributed by atoms with Crippen LogP contribution in [-0.4, -0.2) is 41.8 Å². The number of hydrogen-bond acceptors (Lipinski definition) is 3. The van der Waals surface area contributed by atoms with Crippen molar-refractivity contribution >= 4 is 17.5 Å². The van der Waals surface area contributed by atoms with Crippen molar-refractivity contribution in [3.63, 3.8) is 0 Å². The summed E-state index contributed by atoms with van der Waals surface area (Å²) in [6.45, 7) is 5.22. The van der Waals surface area contributed by atoms with E-state index in [0.717, 1.165) is 35.2 Å². The second kappa shape index (κ2) is 8.33. The normalized spacial score (nSPS) is 16.6. The molecule has 2 amide bonds. The summed E-state index contributed by atoms with van der Waals surface area (Å²) in [5.74, 6) is -0.185. The highest BCUT2D eigenvalue weighted by Gasteiger charge is 2.37. The van der Waals surface area contributed by atoms with E-state index in [0.29, 0.717) is 13.1 Å². The van der Waals surface area contributed by atoms with Gasteiger partial charge in [-0.25, -0.2) is 0 Å². The molecular formula is C22H27N3O2. The van der Waals surface area contributed by atoms with Crippen molar-refractivity contribution in [1.82, 2.24) is 9.88 Å². The fourth-order valence-corrected chi connectivity index (χ4v) is 3.75. The Kier molecular flexibility index (Phi) is 5.89. The van der Waals surface area contributed by atoms with E-state index in [-0.39, 0.29) is 24.2 Å². The highest BCUT2D eigenvalue weighted by Crippen LogP contribution is 2.32. The lowest BCUT2D eigenvalue weighted by Gasteiger charge is -2.24. The summed E-state index contributed by atoms with van der Waals surface area (Å²) in [4.78, 5) is 33.1. The third-order valence-electron chi connectivity index (χ3n) is 5.31. The minimum Gasteiger partial charge on any atom is -0.345 e. The Labute approximate surface area is 161 Å². The van der Waals surface area contributed by atoms with Crippen molar-refractivity contribution in [2.45, 2.75) is 33.1 Å². The average Bonchev–Trinajstić information content (AvgIpc) is 3.07. The van der Waals surface area contributed by atoms with Crippen LogP contribution >= 0.6 is 0 Å². The number of likely N-dealkylation sites (N-methyl/N-ethyl adjacent to an activating group) is 1. The summed E-state index contributed by atoms with van der Waals surface area (Å²) in [5, 5.41) is 0. The number of aromatic nitrogens is 1. The van der Waals surface area contributed by atoms with Crippen molar-refractivity contribution in [2.24, 2.45) is 5.92 Å². The van der Waals surface area contributed by atoms with Crippen LogP contribution in [0.2, 0.25) is 0 Å². The fourth-order valence-electron chi connectivity index (χ4n) is 3.75. The topological polar surface area (TPSA) is 53.5 Å². The van der Waals surface area contributed by atoms with E-state index in [4.69, 9.17) is 0 Å². The van der Waals surface area contributed by atoms with E-state index in [9.17, 15) is 9.59 Å². The Morgan fingerprint density at radius 1 is 1.26 bits per heavy atom.